The van der Waals surface area contributed by atoms with Gasteiger partial charge in [-0.25, -0.2) is 0 Å². The fourth-order valence-corrected chi connectivity index (χ4v) is 9.39. The largest absolute Gasteiger partial charge is 0.300 e. The Morgan fingerprint density at radius 2 is 0.407 bits per heavy atom. The van der Waals surface area contributed by atoms with Crippen molar-refractivity contribution in [1.29, 1.82) is 0 Å². The van der Waals surface area contributed by atoms with Gasteiger partial charge in [0, 0.05) is 6.42 Å². The zero-order chi connectivity index (χ0) is 40.6. The molecule has 1 nitrogen and oxygen atoms in total. The first-order valence-corrected chi connectivity index (χ1v) is 25.2. The third-order valence-corrected chi connectivity index (χ3v) is 13.9. The predicted molar refractivity (Wildman–Crippen MR) is 247 cm³/mol. The summed E-state index contributed by atoms with van der Waals surface area (Å²) in [5.41, 5.74) is 0. The number of hydrogen-bond acceptors (Lipinski definition) is 1. The van der Waals surface area contributed by atoms with Gasteiger partial charge in [0.2, 0.25) is 0 Å². The van der Waals surface area contributed by atoms with E-state index in [2.05, 4.69) is 76.2 Å². The molecule has 0 amide bonds. The SMILES string of the molecule is CC(=O)CCCC(C)CCCC(C)CCCC(C)CCCC(C)CCCC(C)CCCC(C)CCCC(C)CCCC(C)CCCC(C)CCCC(C)C. The van der Waals surface area contributed by atoms with Crippen molar-refractivity contribution < 1.29 is 4.79 Å². The van der Waals surface area contributed by atoms with Crippen LogP contribution >= 0.6 is 0 Å². The first-order chi connectivity index (χ1) is 25.7. The van der Waals surface area contributed by atoms with Gasteiger partial charge < -0.3 is 4.79 Å². The van der Waals surface area contributed by atoms with E-state index in [0.29, 0.717) is 5.78 Å². The van der Waals surface area contributed by atoms with Gasteiger partial charge >= 0.3 is 0 Å². The summed E-state index contributed by atoms with van der Waals surface area (Å²) < 4.78 is 0. The number of carbonyl (C=O) groups is 1. The molecule has 0 N–H and O–H groups in total. The predicted octanol–water partition coefficient (Wildman–Crippen LogP) is 18.7. The summed E-state index contributed by atoms with van der Waals surface area (Å²) in [6.07, 6.45) is 41.7. The van der Waals surface area contributed by atoms with E-state index in [9.17, 15) is 4.79 Å². The third kappa shape index (κ3) is 37.3. The first kappa shape index (κ1) is 53.7. The summed E-state index contributed by atoms with van der Waals surface area (Å²) >= 11 is 0. The van der Waals surface area contributed by atoms with E-state index in [1.165, 1.54) is 180 Å². The molecule has 0 fully saturated rings. The monoisotopic (exact) mass is 759 g/mol. The zero-order valence-corrected chi connectivity index (χ0v) is 39.9. The Kier molecular flexibility index (Phi) is 35.6. The van der Waals surface area contributed by atoms with Crippen molar-refractivity contribution >= 4 is 5.78 Å². The van der Waals surface area contributed by atoms with Gasteiger partial charge in [0.05, 0.1) is 0 Å². The molecule has 0 aliphatic carbocycles. The van der Waals surface area contributed by atoms with Crippen LogP contribution in [0.4, 0.5) is 0 Å². The maximum Gasteiger partial charge on any atom is 0.129 e. The summed E-state index contributed by atoms with van der Waals surface area (Å²) in [5, 5.41) is 0. The van der Waals surface area contributed by atoms with E-state index in [4.69, 9.17) is 0 Å². The normalized spacial score (nSPS) is 17.2. The number of ketones is 1. The Morgan fingerprint density at radius 3 is 0.556 bits per heavy atom. The molecule has 0 spiro atoms. The fourth-order valence-electron chi connectivity index (χ4n) is 9.39. The van der Waals surface area contributed by atoms with Gasteiger partial charge in [-0.2, -0.15) is 0 Å². The molecule has 9 atom stereocenters. The molecule has 9 unspecified atom stereocenters. The van der Waals surface area contributed by atoms with Crippen LogP contribution in [0, 0.1) is 59.2 Å². The summed E-state index contributed by atoms with van der Waals surface area (Å²) in [7, 11) is 0. The van der Waals surface area contributed by atoms with Crippen LogP contribution < -0.4 is 0 Å². The van der Waals surface area contributed by atoms with Crippen molar-refractivity contribution in [2.75, 3.05) is 0 Å². The molecule has 0 radical (unpaired) electrons. The second-order valence-electron chi connectivity index (χ2n) is 21.3. The van der Waals surface area contributed by atoms with Gasteiger partial charge in [0.25, 0.3) is 0 Å². The molecule has 324 valence electrons. The van der Waals surface area contributed by atoms with Crippen LogP contribution in [-0.2, 0) is 4.79 Å². The molecule has 0 aromatic carbocycles. The molecule has 0 saturated heterocycles. The lowest BCUT2D eigenvalue weighted by molar-refractivity contribution is -0.117. The Bertz CT molecular complexity index is 799. The molecule has 0 aliphatic heterocycles. The Hall–Kier alpha value is -0.330. The molecule has 0 aliphatic rings. The maximum atomic E-state index is 11.2. The molecule has 0 saturated carbocycles. The molecule has 1 heteroatoms. The molecule has 0 aromatic heterocycles. The lowest BCUT2D eigenvalue weighted by Crippen LogP contribution is -2.03. The van der Waals surface area contributed by atoms with E-state index in [-0.39, 0.29) is 0 Å². The van der Waals surface area contributed by atoms with Crippen molar-refractivity contribution in [3.05, 3.63) is 0 Å². The minimum absolute atomic E-state index is 0.347. The minimum Gasteiger partial charge on any atom is -0.300 e. The summed E-state index contributed by atoms with van der Waals surface area (Å²) in [5.74, 6) is 9.27. The van der Waals surface area contributed by atoms with Crippen molar-refractivity contribution in [3.63, 3.8) is 0 Å². The van der Waals surface area contributed by atoms with Crippen LogP contribution in [0.15, 0.2) is 0 Å². The molecule has 54 heavy (non-hydrogen) atoms. The summed E-state index contributed by atoms with van der Waals surface area (Å²) in [6, 6.07) is 0. The van der Waals surface area contributed by atoms with E-state index in [0.717, 1.165) is 72.0 Å². The van der Waals surface area contributed by atoms with Crippen LogP contribution in [-0.4, -0.2) is 5.78 Å². The molecule has 0 rings (SSSR count). The Labute approximate surface area is 344 Å². The van der Waals surface area contributed by atoms with E-state index in [1.54, 1.807) is 6.92 Å². The highest BCUT2D eigenvalue weighted by atomic mass is 16.1. The standard InChI is InChI=1S/C53H106O/c1-43(2)23-13-24-44(3)25-14-26-45(4)27-15-28-46(5)29-16-30-47(6)31-17-32-48(7)33-18-34-49(8)35-19-36-50(9)37-20-38-51(10)39-21-40-52(11)41-22-42-53(12)54/h43-52H,13-42H2,1-12H3. The Balaban J connectivity index is 3.73. The van der Waals surface area contributed by atoms with Crippen LogP contribution in [0.2, 0.25) is 0 Å². The Morgan fingerprint density at radius 1 is 0.259 bits per heavy atom. The van der Waals surface area contributed by atoms with Crippen LogP contribution in [0.1, 0.15) is 276 Å². The second-order valence-corrected chi connectivity index (χ2v) is 21.3. The number of carbonyl (C=O) groups excluding carboxylic acids is 1. The second kappa shape index (κ2) is 35.8. The molecule has 0 heterocycles. The number of rotatable bonds is 40. The fraction of sp³-hybridized carbons (Fsp3) is 0.981. The third-order valence-electron chi connectivity index (χ3n) is 13.9. The van der Waals surface area contributed by atoms with Gasteiger partial charge in [-0.3, -0.25) is 0 Å². The highest BCUT2D eigenvalue weighted by Gasteiger charge is 2.12. The molecule has 0 bridgehead atoms. The van der Waals surface area contributed by atoms with Crippen molar-refractivity contribution in [2.24, 2.45) is 59.2 Å². The summed E-state index contributed by atoms with van der Waals surface area (Å²) in [6.45, 7) is 28.9. The highest BCUT2D eigenvalue weighted by Crippen LogP contribution is 2.27. The quantitative estimate of drug-likeness (QED) is 0.0608. The van der Waals surface area contributed by atoms with Crippen LogP contribution in [0.5, 0.6) is 0 Å². The number of hydrogen-bond donors (Lipinski definition) is 0. The molecular weight excluding hydrogens is 653 g/mol. The smallest absolute Gasteiger partial charge is 0.129 e. The topological polar surface area (TPSA) is 17.1 Å². The lowest BCUT2D eigenvalue weighted by Gasteiger charge is -2.18. The van der Waals surface area contributed by atoms with Crippen LogP contribution in [0.25, 0.3) is 0 Å². The maximum absolute atomic E-state index is 11.2. The van der Waals surface area contributed by atoms with Gasteiger partial charge in [0.15, 0.2) is 0 Å². The van der Waals surface area contributed by atoms with Crippen LogP contribution in [0.3, 0.4) is 0 Å². The van der Waals surface area contributed by atoms with Gasteiger partial charge in [0.1, 0.15) is 5.78 Å². The van der Waals surface area contributed by atoms with Gasteiger partial charge in [-0.15, -0.1) is 0 Å². The highest BCUT2D eigenvalue weighted by molar-refractivity contribution is 5.75. The van der Waals surface area contributed by atoms with Gasteiger partial charge in [-0.05, 0) is 72.5 Å². The lowest BCUT2D eigenvalue weighted by atomic mass is 9.88. The van der Waals surface area contributed by atoms with Crippen molar-refractivity contribution in [3.8, 4) is 0 Å². The number of Topliss-reactive ketones (excluding diaryl/α,β-unsaturated/α-hetero) is 1. The van der Waals surface area contributed by atoms with Gasteiger partial charge in [-0.1, -0.05) is 256 Å². The summed E-state index contributed by atoms with van der Waals surface area (Å²) in [4.78, 5) is 11.2. The zero-order valence-electron chi connectivity index (χ0n) is 39.9. The minimum atomic E-state index is 0.347. The van der Waals surface area contributed by atoms with Crippen molar-refractivity contribution in [2.45, 2.75) is 276 Å². The first-order valence-electron chi connectivity index (χ1n) is 25.2. The van der Waals surface area contributed by atoms with E-state index >= 15 is 0 Å². The molecule has 0 aromatic rings. The average molecular weight is 759 g/mol. The van der Waals surface area contributed by atoms with E-state index < -0.39 is 0 Å². The van der Waals surface area contributed by atoms with E-state index in [1.807, 2.05) is 0 Å². The average Bonchev–Trinajstić information content (AvgIpc) is 3.08. The molecular formula is C53H106O. The van der Waals surface area contributed by atoms with Crippen molar-refractivity contribution in [1.82, 2.24) is 0 Å².